The highest BCUT2D eigenvalue weighted by Gasteiger charge is 2.33. The fraction of sp³-hybridized carbons (Fsp3) is 0.200. The predicted molar refractivity (Wildman–Crippen MR) is 95.1 cm³/mol. The number of Topliss-reactive ketones (excluding diaryl/α,β-unsaturated/α-hetero) is 1. The highest BCUT2D eigenvalue weighted by Crippen LogP contribution is 2.28. The van der Waals surface area contributed by atoms with Crippen LogP contribution in [0.25, 0.3) is 0 Å². The molecule has 2 aromatic rings. The number of fused-ring (bicyclic) bond motifs is 1. The Morgan fingerprint density at radius 2 is 1.77 bits per heavy atom. The lowest BCUT2D eigenvalue weighted by Gasteiger charge is -2.21. The molecule has 0 saturated heterocycles. The van der Waals surface area contributed by atoms with E-state index in [9.17, 15) is 14.4 Å². The third-order valence-corrected chi connectivity index (χ3v) is 4.27. The van der Waals surface area contributed by atoms with E-state index in [-0.39, 0.29) is 28.2 Å². The highest BCUT2D eigenvalue weighted by atomic mass is 16.5. The number of methoxy groups -OCH3 is 1. The van der Waals surface area contributed by atoms with Crippen LogP contribution in [-0.2, 0) is 11.3 Å². The average molecular weight is 350 g/mol. The number of nitrogens with zero attached hydrogens (tertiary/aromatic N) is 1. The smallest absolute Gasteiger partial charge is 0.340 e. The van der Waals surface area contributed by atoms with Crippen molar-refractivity contribution in [2.45, 2.75) is 20.4 Å². The van der Waals surface area contributed by atoms with Gasteiger partial charge in [0.25, 0.3) is 0 Å². The molecule has 1 aromatic carbocycles. The van der Waals surface area contributed by atoms with Crippen molar-refractivity contribution in [1.82, 2.24) is 10.3 Å². The summed E-state index contributed by atoms with van der Waals surface area (Å²) in [6, 6.07) is 9.53. The topological polar surface area (TPSA) is 85.4 Å². The van der Waals surface area contributed by atoms with Gasteiger partial charge in [-0.3, -0.25) is 14.6 Å². The van der Waals surface area contributed by atoms with Gasteiger partial charge in [-0.15, -0.1) is 0 Å². The Labute approximate surface area is 150 Å². The Balaban J connectivity index is 2.01. The molecule has 0 amide bonds. The van der Waals surface area contributed by atoms with Crippen LogP contribution in [-0.4, -0.2) is 29.6 Å². The molecule has 1 aromatic heterocycles. The maximum Gasteiger partial charge on any atom is 0.340 e. The number of carbonyl (C=O) groups excluding carboxylic acids is 3. The number of rotatable bonds is 4. The minimum atomic E-state index is -0.679. The zero-order chi connectivity index (χ0) is 18.8. The maximum absolute atomic E-state index is 12.9. The Morgan fingerprint density at radius 3 is 2.42 bits per heavy atom. The number of aryl methyl sites for hydroxylation is 2. The van der Waals surface area contributed by atoms with Crippen LogP contribution in [0.15, 0.2) is 42.1 Å². The minimum absolute atomic E-state index is 0.0461. The first kappa shape index (κ1) is 17.5. The molecule has 26 heavy (non-hydrogen) atoms. The molecule has 6 heteroatoms. The number of esters is 1. The lowest BCUT2D eigenvalue weighted by Crippen LogP contribution is -2.30. The standard InChI is InChI=1S/C20H18N2O4/c1-11-16-18(17(12(2)22-11)20(25)26-3)15(23)9-14(19(16)24)21-10-13-7-5-4-6-8-13/h4-9,21H,10H2,1-3H3. The van der Waals surface area contributed by atoms with Gasteiger partial charge in [-0.2, -0.15) is 0 Å². The van der Waals surface area contributed by atoms with E-state index in [1.165, 1.54) is 13.2 Å². The number of nitrogens with one attached hydrogen (secondary N) is 1. The van der Waals surface area contributed by atoms with Crippen molar-refractivity contribution in [3.63, 3.8) is 0 Å². The molecule has 1 N–H and O–H groups in total. The number of hydrogen-bond acceptors (Lipinski definition) is 6. The van der Waals surface area contributed by atoms with Crippen molar-refractivity contribution in [2.24, 2.45) is 0 Å². The molecule has 0 unspecified atom stereocenters. The second-order valence-electron chi connectivity index (χ2n) is 5.99. The number of pyridine rings is 1. The van der Waals surface area contributed by atoms with E-state index in [1.54, 1.807) is 13.8 Å². The number of aromatic nitrogens is 1. The van der Waals surface area contributed by atoms with E-state index in [0.29, 0.717) is 17.9 Å². The summed E-state index contributed by atoms with van der Waals surface area (Å²) in [6.45, 7) is 3.67. The molecule has 0 saturated carbocycles. The van der Waals surface area contributed by atoms with E-state index in [2.05, 4.69) is 10.3 Å². The van der Waals surface area contributed by atoms with Crippen LogP contribution < -0.4 is 5.32 Å². The van der Waals surface area contributed by atoms with E-state index < -0.39 is 11.8 Å². The summed E-state index contributed by atoms with van der Waals surface area (Å²) < 4.78 is 4.76. The summed E-state index contributed by atoms with van der Waals surface area (Å²) in [5.41, 5.74) is 2.21. The van der Waals surface area contributed by atoms with Gasteiger partial charge in [0.05, 0.1) is 35.2 Å². The lowest BCUT2D eigenvalue weighted by molar-refractivity contribution is 0.0596. The molecule has 0 spiro atoms. The molecule has 1 aliphatic carbocycles. The highest BCUT2D eigenvalue weighted by molar-refractivity contribution is 6.27. The van der Waals surface area contributed by atoms with Crippen molar-refractivity contribution < 1.29 is 19.1 Å². The Hall–Kier alpha value is -3.28. The van der Waals surface area contributed by atoms with Gasteiger partial charge in [0.2, 0.25) is 5.78 Å². The monoisotopic (exact) mass is 350 g/mol. The fourth-order valence-corrected chi connectivity index (χ4v) is 3.05. The third kappa shape index (κ3) is 3.01. The molecule has 0 fully saturated rings. The first-order valence-corrected chi connectivity index (χ1v) is 8.12. The molecule has 0 radical (unpaired) electrons. The van der Waals surface area contributed by atoms with Crippen LogP contribution in [0.4, 0.5) is 0 Å². The minimum Gasteiger partial charge on any atom is -0.465 e. The lowest BCUT2D eigenvalue weighted by atomic mass is 9.87. The van der Waals surface area contributed by atoms with E-state index in [1.807, 2.05) is 30.3 Å². The Kier molecular flexibility index (Phi) is 4.67. The molecule has 132 valence electrons. The number of hydrogen-bond donors (Lipinski definition) is 1. The summed E-state index contributed by atoms with van der Waals surface area (Å²) in [6.07, 6.45) is 1.24. The third-order valence-electron chi connectivity index (χ3n) is 4.27. The quantitative estimate of drug-likeness (QED) is 0.853. The Morgan fingerprint density at radius 1 is 1.08 bits per heavy atom. The molecular formula is C20H18N2O4. The van der Waals surface area contributed by atoms with Gasteiger partial charge in [0.1, 0.15) is 0 Å². The SMILES string of the molecule is COC(=O)c1c(C)nc(C)c2c1C(=O)C=C(NCc1ccccc1)C2=O. The first-order chi connectivity index (χ1) is 12.4. The summed E-state index contributed by atoms with van der Waals surface area (Å²) in [5, 5.41) is 3.01. The number of carbonyl (C=O) groups is 3. The number of ether oxygens (including phenoxy) is 1. The second-order valence-corrected chi connectivity index (χ2v) is 5.99. The molecule has 1 aliphatic rings. The van der Waals surface area contributed by atoms with Crippen molar-refractivity contribution in [3.8, 4) is 0 Å². The fourth-order valence-electron chi connectivity index (χ4n) is 3.05. The zero-order valence-electron chi connectivity index (χ0n) is 14.8. The van der Waals surface area contributed by atoms with Gasteiger partial charge >= 0.3 is 5.97 Å². The van der Waals surface area contributed by atoms with Gasteiger partial charge in [-0.1, -0.05) is 30.3 Å². The van der Waals surface area contributed by atoms with E-state index in [0.717, 1.165) is 5.56 Å². The molecule has 0 aliphatic heterocycles. The van der Waals surface area contributed by atoms with Crippen molar-refractivity contribution >= 4 is 17.5 Å². The van der Waals surface area contributed by atoms with Crippen LogP contribution in [0, 0.1) is 13.8 Å². The molecule has 1 heterocycles. The van der Waals surface area contributed by atoms with Gasteiger partial charge in [-0.25, -0.2) is 4.79 Å². The van der Waals surface area contributed by atoms with Gasteiger partial charge in [-0.05, 0) is 19.4 Å². The summed E-state index contributed by atoms with van der Waals surface area (Å²) in [4.78, 5) is 42.0. The van der Waals surface area contributed by atoms with Gasteiger partial charge < -0.3 is 10.1 Å². The van der Waals surface area contributed by atoms with Gasteiger partial charge in [0, 0.05) is 18.3 Å². The van der Waals surface area contributed by atoms with Crippen LogP contribution in [0.2, 0.25) is 0 Å². The molecule has 6 nitrogen and oxygen atoms in total. The molecule has 0 bridgehead atoms. The zero-order valence-corrected chi connectivity index (χ0v) is 14.8. The van der Waals surface area contributed by atoms with Crippen LogP contribution in [0.3, 0.4) is 0 Å². The molecule has 0 atom stereocenters. The Bertz CT molecular complexity index is 946. The number of ketones is 2. The summed E-state index contributed by atoms with van der Waals surface area (Å²) in [5.74, 6) is -1.45. The van der Waals surface area contributed by atoms with Crippen LogP contribution in [0.5, 0.6) is 0 Å². The van der Waals surface area contributed by atoms with Crippen LogP contribution >= 0.6 is 0 Å². The van der Waals surface area contributed by atoms with Crippen molar-refractivity contribution in [2.75, 3.05) is 7.11 Å². The first-order valence-electron chi connectivity index (χ1n) is 8.12. The van der Waals surface area contributed by atoms with E-state index >= 15 is 0 Å². The van der Waals surface area contributed by atoms with E-state index in [4.69, 9.17) is 4.74 Å². The summed E-state index contributed by atoms with van der Waals surface area (Å²) in [7, 11) is 1.23. The largest absolute Gasteiger partial charge is 0.465 e. The number of allylic oxidation sites excluding steroid dienone is 2. The van der Waals surface area contributed by atoms with Crippen LogP contribution in [0.1, 0.15) is 48.0 Å². The maximum atomic E-state index is 12.9. The van der Waals surface area contributed by atoms with Gasteiger partial charge in [0.15, 0.2) is 5.78 Å². The molecule has 3 rings (SSSR count). The van der Waals surface area contributed by atoms with Crippen molar-refractivity contribution in [1.29, 1.82) is 0 Å². The second kappa shape index (κ2) is 6.92. The average Bonchev–Trinajstić information content (AvgIpc) is 2.63. The normalized spacial score (nSPS) is 13.1. The van der Waals surface area contributed by atoms with Crippen molar-refractivity contribution in [3.05, 3.63) is 75.7 Å². The predicted octanol–water partition coefficient (Wildman–Crippen LogP) is 2.54. The molecular weight excluding hydrogens is 332 g/mol. The number of benzene rings is 1. The summed E-state index contributed by atoms with van der Waals surface area (Å²) >= 11 is 0.